The van der Waals surface area contributed by atoms with Crippen LogP contribution in [0.5, 0.6) is 0 Å². The van der Waals surface area contributed by atoms with Crippen molar-refractivity contribution in [2.45, 2.75) is 19.3 Å². The molecule has 0 atom stereocenters. The Kier molecular flexibility index (Phi) is 4.26. The van der Waals surface area contributed by atoms with Crippen LogP contribution in [0.3, 0.4) is 0 Å². The van der Waals surface area contributed by atoms with Gasteiger partial charge in [-0.05, 0) is 19.1 Å². The summed E-state index contributed by atoms with van der Waals surface area (Å²) in [4.78, 5) is 4.46. The molecular weight excluding hydrogens is 259 g/mol. The van der Waals surface area contributed by atoms with Gasteiger partial charge in [-0.15, -0.1) is 11.6 Å². The van der Waals surface area contributed by atoms with Crippen LogP contribution < -0.4 is 0 Å². The third-order valence-corrected chi connectivity index (χ3v) is 3.12. The Bertz CT molecular complexity index is 510. The highest BCUT2D eigenvalue weighted by Gasteiger charge is 2.12. The highest BCUT2D eigenvalue weighted by molar-refractivity contribution is 6.35. The maximum absolute atomic E-state index is 6.20. The second-order valence-corrected chi connectivity index (χ2v) is 4.29. The number of benzene rings is 1. The first kappa shape index (κ1) is 12.7. The topological polar surface area (TPSA) is 27.1 Å². The second kappa shape index (κ2) is 5.71. The molecule has 0 aliphatic heterocycles. The Morgan fingerprint density at radius 3 is 2.94 bits per heavy atom. The lowest BCUT2D eigenvalue weighted by Gasteiger charge is -2.08. The number of alkyl halides is 1. The SMILES string of the molecule is CCOCCn1c(CCl)nc2cccc(Cl)c21. The molecule has 1 aromatic carbocycles. The van der Waals surface area contributed by atoms with Crippen LogP contribution in [0.2, 0.25) is 5.02 Å². The number of halogens is 2. The molecule has 17 heavy (non-hydrogen) atoms. The van der Waals surface area contributed by atoms with Crippen molar-refractivity contribution >= 4 is 34.2 Å². The lowest BCUT2D eigenvalue weighted by Crippen LogP contribution is -2.08. The number of para-hydroxylation sites is 1. The monoisotopic (exact) mass is 272 g/mol. The summed E-state index contributed by atoms with van der Waals surface area (Å²) in [7, 11) is 0. The number of rotatable bonds is 5. The first-order valence-electron chi connectivity index (χ1n) is 5.55. The summed E-state index contributed by atoms with van der Waals surface area (Å²) in [6.45, 7) is 4.03. The summed E-state index contributed by atoms with van der Waals surface area (Å²) in [5.74, 6) is 1.20. The molecule has 3 nitrogen and oxygen atoms in total. The summed E-state index contributed by atoms with van der Waals surface area (Å²) in [5.41, 5.74) is 1.81. The minimum absolute atomic E-state index is 0.372. The van der Waals surface area contributed by atoms with Crippen molar-refractivity contribution in [3.05, 3.63) is 29.0 Å². The zero-order valence-electron chi connectivity index (χ0n) is 9.62. The van der Waals surface area contributed by atoms with E-state index >= 15 is 0 Å². The molecule has 0 aliphatic rings. The van der Waals surface area contributed by atoms with Gasteiger partial charge in [0.05, 0.1) is 28.5 Å². The van der Waals surface area contributed by atoms with Crippen molar-refractivity contribution in [2.24, 2.45) is 0 Å². The molecule has 0 fully saturated rings. The van der Waals surface area contributed by atoms with Crippen LogP contribution in [-0.2, 0) is 17.2 Å². The predicted molar refractivity (Wildman–Crippen MR) is 70.8 cm³/mol. The van der Waals surface area contributed by atoms with Crippen molar-refractivity contribution < 1.29 is 4.74 Å². The number of imidazole rings is 1. The van der Waals surface area contributed by atoms with Crippen LogP contribution in [-0.4, -0.2) is 22.8 Å². The van der Waals surface area contributed by atoms with E-state index in [1.54, 1.807) is 0 Å². The molecule has 0 aliphatic carbocycles. The highest BCUT2D eigenvalue weighted by atomic mass is 35.5. The lowest BCUT2D eigenvalue weighted by atomic mass is 10.3. The number of hydrogen-bond acceptors (Lipinski definition) is 2. The van der Waals surface area contributed by atoms with Crippen molar-refractivity contribution in [3.63, 3.8) is 0 Å². The van der Waals surface area contributed by atoms with E-state index in [1.807, 2.05) is 29.7 Å². The van der Waals surface area contributed by atoms with Gasteiger partial charge in [-0.3, -0.25) is 0 Å². The van der Waals surface area contributed by atoms with Gasteiger partial charge in [0.2, 0.25) is 0 Å². The average Bonchev–Trinajstić information content (AvgIpc) is 2.69. The van der Waals surface area contributed by atoms with Gasteiger partial charge >= 0.3 is 0 Å². The number of aromatic nitrogens is 2. The van der Waals surface area contributed by atoms with E-state index in [0.29, 0.717) is 24.1 Å². The summed E-state index contributed by atoms with van der Waals surface area (Å²) in [5, 5.41) is 0.697. The third kappa shape index (κ3) is 2.57. The van der Waals surface area contributed by atoms with Gasteiger partial charge in [0.1, 0.15) is 5.82 Å². The largest absolute Gasteiger partial charge is 0.380 e. The second-order valence-electron chi connectivity index (χ2n) is 3.62. The Labute approximate surface area is 110 Å². The van der Waals surface area contributed by atoms with Gasteiger partial charge in [-0.25, -0.2) is 4.98 Å². The fourth-order valence-electron chi connectivity index (χ4n) is 1.83. The van der Waals surface area contributed by atoms with Crippen LogP contribution in [0.4, 0.5) is 0 Å². The third-order valence-electron chi connectivity index (χ3n) is 2.58. The summed E-state index contributed by atoms with van der Waals surface area (Å²) < 4.78 is 7.39. The summed E-state index contributed by atoms with van der Waals surface area (Å²) in [6, 6.07) is 5.69. The molecule has 5 heteroatoms. The van der Waals surface area contributed by atoms with Crippen LogP contribution in [0.15, 0.2) is 18.2 Å². The fourth-order valence-corrected chi connectivity index (χ4v) is 2.31. The van der Waals surface area contributed by atoms with Crippen molar-refractivity contribution in [1.82, 2.24) is 9.55 Å². The van der Waals surface area contributed by atoms with Gasteiger partial charge in [0, 0.05) is 13.2 Å². The molecule has 2 aromatic rings. The molecule has 0 radical (unpaired) electrons. The standard InChI is InChI=1S/C12H14Cl2N2O/c1-2-17-7-6-16-11(8-13)15-10-5-3-4-9(14)12(10)16/h3-5H,2,6-8H2,1H3. The van der Waals surface area contributed by atoms with Gasteiger partial charge in [-0.1, -0.05) is 17.7 Å². The minimum Gasteiger partial charge on any atom is -0.380 e. The van der Waals surface area contributed by atoms with Crippen molar-refractivity contribution in [3.8, 4) is 0 Å². The molecule has 2 rings (SSSR count). The normalized spacial score (nSPS) is 11.2. The van der Waals surface area contributed by atoms with E-state index in [2.05, 4.69) is 4.98 Å². The highest BCUT2D eigenvalue weighted by Crippen LogP contribution is 2.25. The Morgan fingerprint density at radius 1 is 1.41 bits per heavy atom. The molecule has 0 bridgehead atoms. The molecular formula is C12H14Cl2N2O. The Morgan fingerprint density at radius 2 is 2.24 bits per heavy atom. The molecule has 0 saturated carbocycles. The quantitative estimate of drug-likeness (QED) is 0.616. The Balaban J connectivity index is 2.42. The van der Waals surface area contributed by atoms with E-state index in [4.69, 9.17) is 27.9 Å². The van der Waals surface area contributed by atoms with E-state index in [1.165, 1.54) is 0 Å². The van der Waals surface area contributed by atoms with E-state index < -0.39 is 0 Å². The maximum Gasteiger partial charge on any atom is 0.124 e. The van der Waals surface area contributed by atoms with Crippen LogP contribution in [0.25, 0.3) is 11.0 Å². The molecule has 0 saturated heterocycles. The van der Waals surface area contributed by atoms with Gasteiger partial charge < -0.3 is 9.30 Å². The summed E-state index contributed by atoms with van der Waals surface area (Å²) >= 11 is 12.1. The number of ether oxygens (including phenoxy) is 1. The molecule has 1 heterocycles. The van der Waals surface area contributed by atoms with E-state index in [0.717, 1.165) is 23.4 Å². The summed E-state index contributed by atoms with van der Waals surface area (Å²) in [6.07, 6.45) is 0. The molecule has 1 aromatic heterocycles. The smallest absolute Gasteiger partial charge is 0.124 e. The number of fused-ring (bicyclic) bond motifs is 1. The molecule has 92 valence electrons. The van der Waals surface area contributed by atoms with Crippen LogP contribution in [0.1, 0.15) is 12.7 Å². The molecule has 0 amide bonds. The van der Waals surface area contributed by atoms with E-state index in [9.17, 15) is 0 Å². The average molecular weight is 273 g/mol. The van der Waals surface area contributed by atoms with Crippen molar-refractivity contribution in [2.75, 3.05) is 13.2 Å². The first-order valence-corrected chi connectivity index (χ1v) is 6.46. The van der Waals surface area contributed by atoms with Gasteiger partial charge in [0.25, 0.3) is 0 Å². The van der Waals surface area contributed by atoms with Crippen LogP contribution in [0, 0.1) is 0 Å². The molecule has 0 unspecified atom stereocenters. The number of hydrogen-bond donors (Lipinski definition) is 0. The lowest BCUT2D eigenvalue weighted by molar-refractivity contribution is 0.139. The fraction of sp³-hybridized carbons (Fsp3) is 0.417. The van der Waals surface area contributed by atoms with Crippen LogP contribution >= 0.6 is 23.2 Å². The van der Waals surface area contributed by atoms with Gasteiger partial charge in [0.15, 0.2) is 0 Å². The molecule has 0 N–H and O–H groups in total. The predicted octanol–water partition coefficient (Wildman–Crippen LogP) is 3.47. The Hall–Kier alpha value is -0.770. The minimum atomic E-state index is 0.372. The van der Waals surface area contributed by atoms with Crippen molar-refractivity contribution in [1.29, 1.82) is 0 Å². The zero-order valence-corrected chi connectivity index (χ0v) is 11.1. The van der Waals surface area contributed by atoms with E-state index in [-0.39, 0.29) is 0 Å². The number of nitrogens with zero attached hydrogens (tertiary/aromatic N) is 2. The zero-order chi connectivity index (χ0) is 12.3. The molecule has 0 spiro atoms. The van der Waals surface area contributed by atoms with Gasteiger partial charge in [-0.2, -0.15) is 0 Å². The first-order chi connectivity index (χ1) is 8.27. The maximum atomic E-state index is 6.20.